The number of nitrogens with one attached hydrogen (secondary N) is 1. The molecule has 0 aliphatic heterocycles. The second-order valence-corrected chi connectivity index (χ2v) is 4.46. The van der Waals surface area contributed by atoms with Crippen molar-refractivity contribution in [2.24, 2.45) is 5.92 Å². The van der Waals surface area contributed by atoms with E-state index in [0.717, 1.165) is 0 Å². The molecule has 2 N–H and O–H groups in total. The molecule has 1 aromatic carbocycles. The third kappa shape index (κ3) is 3.63. The number of aliphatic carboxylic acids is 1. The lowest BCUT2D eigenvalue weighted by Crippen LogP contribution is -2.40. The molecule has 0 saturated heterocycles. The second kappa shape index (κ2) is 6.79. The van der Waals surface area contributed by atoms with E-state index in [1.54, 1.807) is 32.0 Å². The molecule has 0 bridgehead atoms. The molecule has 2 unspecified atom stereocenters. The maximum atomic E-state index is 12.1. The van der Waals surface area contributed by atoms with Gasteiger partial charge in [0.05, 0.1) is 25.7 Å². The fraction of sp³-hybridized carbons (Fsp3) is 0.429. The predicted molar refractivity (Wildman–Crippen MR) is 73.3 cm³/mol. The Hall–Kier alpha value is -2.24. The number of carbonyl (C=O) groups excluding carboxylic acids is 1. The number of hydrogen-bond donors (Lipinski definition) is 2. The van der Waals surface area contributed by atoms with E-state index in [9.17, 15) is 9.59 Å². The van der Waals surface area contributed by atoms with Gasteiger partial charge >= 0.3 is 5.97 Å². The van der Waals surface area contributed by atoms with Gasteiger partial charge < -0.3 is 19.9 Å². The smallest absolute Gasteiger partial charge is 0.308 e. The number of carboxylic acid groups (broad SMARTS) is 1. The van der Waals surface area contributed by atoms with Gasteiger partial charge in [-0.3, -0.25) is 9.59 Å². The standard InChI is InChI=1S/C14H19NO5/c1-8(14(17)18)9(2)15-13(16)11-6-5-10(19-3)7-12(11)20-4/h5-9H,1-4H3,(H,15,16)(H,17,18). The van der Waals surface area contributed by atoms with Gasteiger partial charge in [-0.15, -0.1) is 0 Å². The van der Waals surface area contributed by atoms with Gasteiger partial charge in [0.2, 0.25) is 0 Å². The minimum Gasteiger partial charge on any atom is -0.497 e. The van der Waals surface area contributed by atoms with Gasteiger partial charge in [-0.2, -0.15) is 0 Å². The Labute approximate surface area is 117 Å². The Morgan fingerprint density at radius 1 is 1.20 bits per heavy atom. The lowest BCUT2D eigenvalue weighted by molar-refractivity contribution is -0.141. The van der Waals surface area contributed by atoms with Crippen molar-refractivity contribution in [3.05, 3.63) is 23.8 Å². The minimum atomic E-state index is -0.959. The third-order valence-corrected chi connectivity index (χ3v) is 3.15. The third-order valence-electron chi connectivity index (χ3n) is 3.15. The average molecular weight is 281 g/mol. The molecule has 0 heterocycles. The van der Waals surface area contributed by atoms with E-state index in [0.29, 0.717) is 17.1 Å². The van der Waals surface area contributed by atoms with Gasteiger partial charge in [0.15, 0.2) is 0 Å². The summed E-state index contributed by atoms with van der Waals surface area (Å²) in [5.74, 6) is -1.07. The van der Waals surface area contributed by atoms with Gasteiger partial charge in [0.1, 0.15) is 11.5 Å². The molecule has 0 saturated carbocycles. The highest BCUT2D eigenvalue weighted by Gasteiger charge is 2.22. The van der Waals surface area contributed by atoms with Gasteiger partial charge in [-0.25, -0.2) is 0 Å². The highest BCUT2D eigenvalue weighted by molar-refractivity contribution is 5.97. The zero-order chi connectivity index (χ0) is 15.3. The quantitative estimate of drug-likeness (QED) is 0.826. The maximum Gasteiger partial charge on any atom is 0.308 e. The Balaban J connectivity index is 2.89. The Bertz CT molecular complexity index is 500. The molecule has 0 fully saturated rings. The molecule has 1 aromatic rings. The highest BCUT2D eigenvalue weighted by atomic mass is 16.5. The first-order valence-electron chi connectivity index (χ1n) is 6.16. The van der Waals surface area contributed by atoms with Crippen molar-refractivity contribution >= 4 is 11.9 Å². The average Bonchev–Trinajstić information content (AvgIpc) is 2.45. The van der Waals surface area contributed by atoms with Crippen LogP contribution in [0.5, 0.6) is 11.5 Å². The second-order valence-electron chi connectivity index (χ2n) is 4.46. The van der Waals surface area contributed by atoms with E-state index in [1.807, 2.05) is 0 Å². The van der Waals surface area contributed by atoms with Crippen molar-refractivity contribution in [2.75, 3.05) is 14.2 Å². The molecule has 20 heavy (non-hydrogen) atoms. The highest BCUT2D eigenvalue weighted by Crippen LogP contribution is 2.24. The molecule has 1 amide bonds. The summed E-state index contributed by atoms with van der Waals surface area (Å²) >= 11 is 0. The van der Waals surface area contributed by atoms with E-state index in [-0.39, 0.29) is 5.91 Å². The first-order valence-corrected chi connectivity index (χ1v) is 6.16. The first kappa shape index (κ1) is 15.8. The topological polar surface area (TPSA) is 84.9 Å². The van der Waals surface area contributed by atoms with E-state index in [2.05, 4.69) is 5.32 Å². The van der Waals surface area contributed by atoms with Crippen LogP contribution in [0.1, 0.15) is 24.2 Å². The molecule has 110 valence electrons. The summed E-state index contributed by atoms with van der Waals surface area (Å²) in [6.45, 7) is 3.19. The summed E-state index contributed by atoms with van der Waals surface area (Å²) in [6.07, 6.45) is 0. The molecule has 0 radical (unpaired) electrons. The number of benzene rings is 1. The molecule has 0 spiro atoms. The predicted octanol–water partition coefficient (Wildman–Crippen LogP) is 1.54. The van der Waals surface area contributed by atoms with Gasteiger partial charge in [0.25, 0.3) is 5.91 Å². The van der Waals surface area contributed by atoms with Crippen LogP contribution in [0.4, 0.5) is 0 Å². The fourth-order valence-electron chi connectivity index (χ4n) is 1.61. The molecule has 0 aliphatic rings. The van der Waals surface area contributed by atoms with Crippen LogP contribution in [0.2, 0.25) is 0 Å². The number of hydrogen-bond acceptors (Lipinski definition) is 4. The van der Waals surface area contributed by atoms with Crippen molar-refractivity contribution in [1.29, 1.82) is 0 Å². The fourth-order valence-corrected chi connectivity index (χ4v) is 1.61. The summed E-state index contributed by atoms with van der Waals surface area (Å²) in [5.41, 5.74) is 0.331. The Morgan fingerprint density at radius 2 is 1.85 bits per heavy atom. The van der Waals surface area contributed by atoms with Crippen LogP contribution >= 0.6 is 0 Å². The van der Waals surface area contributed by atoms with Crippen LogP contribution in [0.15, 0.2) is 18.2 Å². The van der Waals surface area contributed by atoms with Crippen molar-refractivity contribution in [1.82, 2.24) is 5.32 Å². The molecule has 6 nitrogen and oxygen atoms in total. The molecular formula is C14H19NO5. The van der Waals surface area contributed by atoms with Crippen LogP contribution in [-0.2, 0) is 4.79 Å². The summed E-state index contributed by atoms with van der Waals surface area (Å²) in [4.78, 5) is 23.0. The zero-order valence-electron chi connectivity index (χ0n) is 12.0. The number of amides is 1. The van der Waals surface area contributed by atoms with Crippen molar-refractivity contribution < 1.29 is 24.2 Å². The SMILES string of the molecule is COc1ccc(C(=O)NC(C)C(C)C(=O)O)c(OC)c1. The molecular weight excluding hydrogens is 262 g/mol. The maximum absolute atomic E-state index is 12.1. The number of carbonyl (C=O) groups is 2. The number of carboxylic acids is 1. The van der Waals surface area contributed by atoms with E-state index in [1.165, 1.54) is 14.2 Å². The van der Waals surface area contributed by atoms with Crippen molar-refractivity contribution in [3.63, 3.8) is 0 Å². The van der Waals surface area contributed by atoms with E-state index >= 15 is 0 Å². The molecule has 6 heteroatoms. The van der Waals surface area contributed by atoms with E-state index in [4.69, 9.17) is 14.6 Å². The van der Waals surface area contributed by atoms with Gasteiger partial charge in [0, 0.05) is 12.1 Å². The zero-order valence-corrected chi connectivity index (χ0v) is 12.0. The number of ether oxygens (including phenoxy) is 2. The van der Waals surface area contributed by atoms with Crippen LogP contribution in [-0.4, -0.2) is 37.2 Å². The largest absolute Gasteiger partial charge is 0.497 e. The lowest BCUT2D eigenvalue weighted by Gasteiger charge is -2.18. The van der Waals surface area contributed by atoms with Crippen LogP contribution < -0.4 is 14.8 Å². The van der Waals surface area contributed by atoms with Crippen molar-refractivity contribution in [3.8, 4) is 11.5 Å². The molecule has 1 rings (SSSR count). The Morgan fingerprint density at radius 3 is 2.35 bits per heavy atom. The molecule has 0 aliphatic carbocycles. The minimum absolute atomic E-state index is 0.331. The van der Waals surface area contributed by atoms with Crippen LogP contribution in [0.3, 0.4) is 0 Å². The Kier molecular flexibility index (Phi) is 5.37. The van der Waals surface area contributed by atoms with Crippen molar-refractivity contribution in [2.45, 2.75) is 19.9 Å². The van der Waals surface area contributed by atoms with Crippen LogP contribution in [0.25, 0.3) is 0 Å². The summed E-state index contributed by atoms with van der Waals surface area (Å²) in [6, 6.07) is 4.32. The first-order chi connectivity index (χ1) is 9.40. The number of methoxy groups -OCH3 is 2. The summed E-state index contributed by atoms with van der Waals surface area (Å²) in [5, 5.41) is 11.6. The molecule has 2 atom stereocenters. The normalized spacial score (nSPS) is 13.2. The number of rotatable bonds is 6. The summed E-state index contributed by atoms with van der Waals surface area (Å²) in [7, 11) is 2.97. The van der Waals surface area contributed by atoms with Gasteiger partial charge in [-0.05, 0) is 26.0 Å². The van der Waals surface area contributed by atoms with Gasteiger partial charge in [-0.1, -0.05) is 0 Å². The lowest BCUT2D eigenvalue weighted by atomic mass is 10.0. The monoisotopic (exact) mass is 281 g/mol. The van der Waals surface area contributed by atoms with E-state index < -0.39 is 17.9 Å². The summed E-state index contributed by atoms with van der Waals surface area (Å²) < 4.78 is 10.2. The van der Waals surface area contributed by atoms with Crippen LogP contribution in [0, 0.1) is 5.92 Å². The molecule has 0 aromatic heterocycles.